The molecule has 1 aromatic rings. The molecule has 0 saturated heterocycles. The third-order valence-electron chi connectivity index (χ3n) is 2.15. The van der Waals surface area contributed by atoms with E-state index >= 15 is 0 Å². The van der Waals surface area contributed by atoms with Crippen molar-refractivity contribution in [2.24, 2.45) is 11.1 Å². The van der Waals surface area contributed by atoms with Gasteiger partial charge in [-0.3, -0.25) is 0 Å². The summed E-state index contributed by atoms with van der Waals surface area (Å²) >= 11 is 5.01. The highest BCUT2D eigenvalue weighted by Gasteiger charge is 2.27. The molecule has 0 spiro atoms. The molecule has 0 radical (unpaired) electrons. The molecule has 0 aliphatic heterocycles. The van der Waals surface area contributed by atoms with E-state index in [1.807, 2.05) is 26.0 Å². The molecule has 0 bridgehead atoms. The highest BCUT2D eigenvalue weighted by molar-refractivity contribution is 9.11. The summed E-state index contributed by atoms with van der Waals surface area (Å²) in [7, 11) is 0. The molecule has 13 heavy (non-hydrogen) atoms. The van der Waals surface area contributed by atoms with Gasteiger partial charge < -0.3 is 10.8 Å². The number of aliphatic hydroxyl groups is 1. The number of aliphatic hydroxyl groups excluding tert-OH is 1. The van der Waals surface area contributed by atoms with Crippen molar-refractivity contribution in [3.63, 3.8) is 0 Å². The largest absolute Gasteiger partial charge is 0.396 e. The molecule has 4 heteroatoms. The first-order valence-electron chi connectivity index (χ1n) is 4.09. The lowest BCUT2D eigenvalue weighted by Crippen LogP contribution is -2.31. The molecular weight excluding hydrogens is 250 g/mol. The van der Waals surface area contributed by atoms with Crippen LogP contribution in [0.1, 0.15) is 24.8 Å². The van der Waals surface area contributed by atoms with Crippen molar-refractivity contribution in [2.75, 3.05) is 6.61 Å². The zero-order chi connectivity index (χ0) is 10.1. The van der Waals surface area contributed by atoms with Crippen molar-refractivity contribution < 1.29 is 5.11 Å². The van der Waals surface area contributed by atoms with Crippen LogP contribution in [0.4, 0.5) is 0 Å². The summed E-state index contributed by atoms with van der Waals surface area (Å²) in [5, 5.41) is 9.15. The maximum atomic E-state index is 9.15. The average Bonchev–Trinajstić information content (AvgIpc) is 2.50. The maximum absolute atomic E-state index is 9.15. The van der Waals surface area contributed by atoms with Gasteiger partial charge in [0.15, 0.2) is 0 Å². The molecule has 0 saturated carbocycles. The first kappa shape index (κ1) is 11.2. The monoisotopic (exact) mass is 263 g/mol. The van der Waals surface area contributed by atoms with Crippen molar-refractivity contribution in [1.82, 2.24) is 0 Å². The van der Waals surface area contributed by atoms with E-state index in [0.717, 1.165) is 8.66 Å². The van der Waals surface area contributed by atoms with Crippen LogP contribution in [-0.2, 0) is 0 Å². The van der Waals surface area contributed by atoms with E-state index in [4.69, 9.17) is 10.8 Å². The fourth-order valence-electron chi connectivity index (χ4n) is 0.979. The summed E-state index contributed by atoms with van der Waals surface area (Å²) in [4.78, 5) is 1.10. The second-order valence-electron chi connectivity index (χ2n) is 3.77. The lowest BCUT2D eigenvalue weighted by molar-refractivity contribution is 0.133. The summed E-state index contributed by atoms with van der Waals surface area (Å²) in [5.74, 6) is 0. The van der Waals surface area contributed by atoms with Crippen LogP contribution >= 0.6 is 27.3 Å². The minimum Gasteiger partial charge on any atom is -0.396 e. The Morgan fingerprint density at radius 1 is 1.62 bits per heavy atom. The van der Waals surface area contributed by atoms with Crippen LogP contribution in [0, 0.1) is 5.41 Å². The second kappa shape index (κ2) is 4.09. The molecule has 1 atom stereocenters. The molecular formula is C9H14BrNOS. The van der Waals surface area contributed by atoms with Gasteiger partial charge in [-0.05, 0) is 28.1 Å². The van der Waals surface area contributed by atoms with E-state index in [9.17, 15) is 0 Å². The SMILES string of the molecule is CC(C)(CO)C(N)c1ccc(Br)s1. The fourth-order valence-corrected chi connectivity index (χ4v) is 2.62. The van der Waals surface area contributed by atoms with Gasteiger partial charge in [-0.15, -0.1) is 11.3 Å². The highest BCUT2D eigenvalue weighted by atomic mass is 79.9. The van der Waals surface area contributed by atoms with Gasteiger partial charge in [-0.1, -0.05) is 13.8 Å². The van der Waals surface area contributed by atoms with E-state index in [-0.39, 0.29) is 18.1 Å². The van der Waals surface area contributed by atoms with Gasteiger partial charge in [0, 0.05) is 16.3 Å². The summed E-state index contributed by atoms with van der Waals surface area (Å²) in [6, 6.07) is 3.87. The lowest BCUT2D eigenvalue weighted by atomic mass is 9.85. The average molecular weight is 264 g/mol. The Hall–Kier alpha value is 0.1000. The van der Waals surface area contributed by atoms with E-state index < -0.39 is 0 Å². The van der Waals surface area contributed by atoms with Gasteiger partial charge in [-0.25, -0.2) is 0 Å². The third-order valence-corrected chi connectivity index (χ3v) is 3.86. The number of nitrogens with two attached hydrogens (primary N) is 1. The maximum Gasteiger partial charge on any atom is 0.0701 e. The molecule has 2 nitrogen and oxygen atoms in total. The Morgan fingerprint density at radius 2 is 2.23 bits per heavy atom. The number of thiophene rings is 1. The predicted octanol–water partition coefficient (Wildman–Crippen LogP) is 2.53. The number of rotatable bonds is 3. The Morgan fingerprint density at radius 3 is 2.62 bits per heavy atom. The molecule has 1 aromatic heterocycles. The van der Waals surface area contributed by atoms with Gasteiger partial charge in [-0.2, -0.15) is 0 Å². The van der Waals surface area contributed by atoms with Gasteiger partial charge >= 0.3 is 0 Å². The van der Waals surface area contributed by atoms with E-state index in [0.29, 0.717) is 0 Å². The van der Waals surface area contributed by atoms with E-state index in [2.05, 4.69) is 15.9 Å². The molecule has 74 valence electrons. The summed E-state index contributed by atoms with van der Waals surface area (Å²) in [5.41, 5.74) is 5.77. The van der Waals surface area contributed by atoms with Crippen LogP contribution in [0.2, 0.25) is 0 Å². The van der Waals surface area contributed by atoms with Crippen LogP contribution in [0.25, 0.3) is 0 Å². The van der Waals surface area contributed by atoms with Gasteiger partial charge in [0.1, 0.15) is 0 Å². The molecule has 0 aromatic carbocycles. The van der Waals surface area contributed by atoms with E-state index in [1.165, 1.54) is 0 Å². The smallest absolute Gasteiger partial charge is 0.0701 e. The first-order valence-corrected chi connectivity index (χ1v) is 5.70. The van der Waals surface area contributed by atoms with Crippen molar-refractivity contribution in [2.45, 2.75) is 19.9 Å². The fraction of sp³-hybridized carbons (Fsp3) is 0.556. The van der Waals surface area contributed by atoms with Crippen LogP contribution < -0.4 is 5.73 Å². The van der Waals surface area contributed by atoms with Crippen molar-refractivity contribution in [3.8, 4) is 0 Å². The first-order chi connectivity index (χ1) is 5.97. The molecule has 3 N–H and O–H groups in total. The van der Waals surface area contributed by atoms with Crippen molar-refractivity contribution >= 4 is 27.3 Å². The van der Waals surface area contributed by atoms with Gasteiger partial charge in [0.25, 0.3) is 0 Å². The molecule has 0 amide bonds. The predicted molar refractivity (Wildman–Crippen MR) is 59.8 cm³/mol. The second-order valence-corrected chi connectivity index (χ2v) is 6.26. The molecule has 0 fully saturated rings. The number of halogens is 1. The lowest BCUT2D eigenvalue weighted by Gasteiger charge is -2.28. The van der Waals surface area contributed by atoms with Crippen molar-refractivity contribution in [3.05, 3.63) is 20.8 Å². The molecule has 0 aliphatic rings. The van der Waals surface area contributed by atoms with Gasteiger partial charge in [0.2, 0.25) is 0 Å². The normalized spacial score (nSPS) is 14.5. The van der Waals surface area contributed by atoms with Crippen LogP contribution in [0.5, 0.6) is 0 Å². The molecule has 0 aliphatic carbocycles. The number of hydrogen-bond acceptors (Lipinski definition) is 3. The van der Waals surface area contributed by atoms with E-state index in [1.54, 1.807) is 11.3 Å². The molecule has 1 unspecified atom stereocenters. The van der Waals surface area contributed by atoms with Crippen LogP contribution in [-0.4, -0.2) is 11.7 Å². The Labute approximate surface area is 90.9 Å². The van der Waals surface area contributed by atoms with Crippen LogP contribution in [0.3, 0.4) is 0 Å². The Bertz CT molecular complexity index is 285. The molecule has 1 heterocycles. The minimum atomic E-state index is -0.260. The Kier molecular flexibility index (Phi) is 3.51. The number of hydrogen-bond donors (Lipinski definition) is 2. The summed E-state index contributed by atoms with van der Waals surface area (Å²) in [6.45, 7) is 4.03. The van der Waals surface area contributed by atoms with Crippen LogP contribution in [0.15, 0.2) is 15.9 Å². The minimum absolute atomic E-state index is 0.101. The zero-order valence-electron chi connectivity index (χ0n) is 7.75. The van der Waals surface area contributed by atoms with Crippen molar-refractivity contribution in [1.29, 1.82) is 0 Å². The quantitative estimate of drug-likeness (QED) is 0.881. The standard InChI is InChI=1S/C9H14BrNOS/c1-9(2,5-12)8(11)6-3-4-7(10)13-6/h3-4,8,12H,5,11H2,1-2H3. The highest BCUT2D eigenvalue weighted by Crippen LogP contribution is 2.35. The molecule has 1 rings (SSSR count). The summed E-state index contributed by atoms with van der Waals surface area (Å²) < 4.78 is 1.08. The van der Waals surface area contributed by atoms with Gasteiger partial charge in [0.05, 0.1) is 10.4 Å². The summed E-state index contributed by atoms with van der Waals surface area (Å²) in [6.07, 6.45) is 0. The third kappa shape index (κ3) is 2.53. The topological polar surface area (TPSA) is 46.2 Å². The zero-order valence-corrected chi connectivity index (χ0v) is 10.2. The Balaban J connectivity index is 2.84.